The summed E-state index contributed by atoms with van der Waals surface area (Å²) in [5.74, 6) is -0.211. The van der Waals surface area contributed by atoms with E-state index < -0.39 is 0 Å². The van der Waals surface area contributed by atoms with Gasteiger partial charge in [0.15, 0.2) is 0 Å². The summed E-state index contributed by atoms with van der Waals surface area (Å²) in [4.78, 5) is 16.1. The molecule has 1 heterocycles. The van der Waals surface area contributed by atoms with E-state index in [2.05, 4.69) is 49.0 Å². The van der Waals surface area contributed by atoms with Gasteiger partial charge in [-0.1, -0.05) is 45.0 Å². The lowest BCUT2D eigenvalue weighted by Crippen LogP contribution is -2.24. The van der Waals surface area contributed by atoms with Crippen LogP contribution in [0, 0.1) is 0 Å². The van der Waals surface area contributed by atoms with Crippen LogP contribution in [-0.4, -0.2) is 17.4 Å². The first kappa shape index (κ1) is 16.7. The van der Waals surface area contributed by atoms with Gasteiger partial charge in [0.05, 0.1) is 0 Å². The van der Waals surface area contributed by atoms with E-state index in [0.29, 0.717) is 12.2 Å². The van der Waals surface area contributed by atoms with Crippen LogP contribution in [0.25, 0.3) is 0 Å². The number of nitrogens with one attached hydrogen (secondary N) is 2. The van der Waals surface area contributed by atoms with Gasteiger partial charge in [0.25, 0.3) is 5.91 Å². The molecule has 1 aromatic carbocycles. The lowest BCUT2D eigenvalue weighted by Gasteiger charge is -2.23. The van der Waals surface area contributed by atoms with Crippen molar-refractivity contribution in [1.82, 2.24) is 10.3 Å². The highest BCUT2D eigenvalue weighted by atomic mass is 16.1. The van der Waals surface area contributed by atoms with Gasteiger partial charge in [0, 0.05) is 24.1 Å². The third-order valence-electron chi connectivity index (χ3n) is 3.41. The molecule has 1 aromatic heterocycles. The molecule has 0 fully saturated rings. The van der Waals surface area contributed by atoms with E-state index in [9.17, 15) is 4.79 Å². The molecule has 2 aromatic rings. The molecule has 4 heteroatoms. The van der Waals surface area contributed by atoms with Gasteiger partial charge in [0.2, 0.25) is 0 Å². The first-order chi connectivity index (χ1) is 10.9. The van der Waals surface area contributed by atoms with E-state index in [1.165, 1.54) is 5.56 Å². The van der Waals surface area contributed by atoms with Crippen LogP contribution in [0.5, 0.6) is 0 Å². The molecule has 0 radical (unpaired) electrons. The number of benzene rings is 1. The smallest absolute Gasteiger partial charge is 0.270 e. The normalized spacial score (nSPS) is 10.9. The van der Waals surface area contributed by atoms with Crippen LogP contribution < -0.4 is 10.6 Å². The van der Waals surface area contributed by atoms with Crippen LogP contribution in [0.4, 0.5) is 11.4 Å². The molecule has 0 spiro atoms. The van der Waals surface area contributed by atoms with Crippen molar-refractivity contribution in [2.75, 3.05) is 11.9 Å². The first-order valence-corrected chi connectivity index (χ1v) is 7.63. The van der Waals surface area contributed by atoms with Gasteiger partial charge in [-0.2, -0.15) is 0 Å². The summed E-state index contributed by atoms with van der Waals surface area (Å²) in [5, 5.41) is 6.12. The van der Waals surface area contributed by atoms with Gasteiger partial charge in [-0.25, -0.2) is 0 Å². The average Bonchev–Trinajstić information content (AvgIpc) is 2.52. The minimum absolute atomic E-state index is 0.0286. The summed E-state index contributed by atoms with van der Waals surface area (Å²) >= 11 is 0. The lowest BCUT2D eigenvalue weighted by molar-refractivity contribution is 0.0953. The second-order valence-electron chi connectivity index (χ2n) is 6.35. The molecular weight excluding hydrogens is 286 g/mol. The number of carbonyl (C=O) groups excluding carboxylic acids is 1. The number of aromatic nitrogens is 1. The number of amides is 1. The number of hydrogen-bond acceptors (Lipinski definition) is 3. The molecule has 0 aliphatic carbocycles. The molecule has 0 aliphatic heterocycles. The quantitative estimate of drug-likeness (QED) is 0.820. The maximum absolute atomic E-state index is 12.0. The van der Waals surface area contributed by atoms with Gasteiger partial charge in [-0.3, -0.25) is 9.78 Å². The fraction of sp³-hybridized carbons (Fsp3) is 0.263. The Morgan fingerprint density at radius 1 is 1.26 bits per heavy atom. The van der Waals surface area contributed by atoms with Crippen LogP contribution in [0.3, 0.4) is 0 Å². The van der Waals surface area contributed by atoms with E-state index in [1.807, 2.05) is 24.3 Å². The molecule has 2 N–H and O–H groups in total. The summed E-state index contributed by atoms with van der Waals surface area (Å²) < 4.78 is 0. The SMILES string of the molecule is C=CCNC(=O)c1cc(Nc2ccccc2C(C)(C)C)ccn1. The van der Waals surface area contributed by atoms with Crippen molar-refractivity contribution in [3.8, 4) is 0 Å². The maximum atomic E-state index is 12.0. The van der Waals surface area contributed by atoms with Crippen molar-refractivity contribution >= 4 is 17.3 Å². The Balaban J connectivity index is 2.25. The third-order valence-corrected chi connectivity index (χ3v) is 3.41. The molecule has 1 amide bonds. The molecule has 23 heavy (non-hydrogen) atoms. The Morgan fingerprint density at radius 3 is 2.70 bits per heavy atom. The van der Waals surface area contributed by atoms with E-state index in [4.69, 9.17) is 0 Å². The second-order valence-corrected chi connectivity index (χ2v) is 6.35. The Morgan fingerprint density at radius 2 is 2.00 bits per heavy atom. The van der Waals surface area contributed by atoms with Crippen LogP contribution >= 0.6 is 0 Å². The van der Waals surface area contributed by atoms with Gasteiger partial charge in [0.1, 0.15) is 5.69 Å². The summed E-state index contributed by atoms with van der Waals surface area (Å²) in [5.41, 5.74) is 3.49. The Kier molecular flexibility index (Phi) is 5.16. The fourth-order valence-electron chi connectivity index (χ4n) is 2.29. The zero-order valence-electron chi connectivity index (χ0n) is 13.9. The molecule has 0 aliphatic rings. The summed E-state index contributed by atoms with van der Waals surface area (Å²) in [6.45, 7) is 10.5. The van der Waals surface area contributed by atoms with Gasteiger partial charge < -0.3 is 10.6 Å². The second kappa shape index (κ2) is 7.09. The standard InChI is InChI=1S/C19H23N3O/c1-5-11-21-18(23)17-13-14(10-12-20-17)22-16-9-7-6-8-15(16)19(2,3)4/h5-10,12-13H,1,11H2,2-4H3,(H,20,22)(H,21,23). The van der Waals surface area contributed by atoms with Crippen LogP contribution in [0.1, 0.15) is 36.8 Å². The predicted molar refractivity (Wildman–Crippen MR) is 95.2 cm³/mol. The fourth-order valence-corrected chi connectivity index (χ4v) is 2.29. The first-order valence-electron chi connectivity index (χ1n) is 7.63. The zero-order chi connectivity index (χ0) is 16.9. The van der Waals surface area contributed by atoms with Crippen molar-refractivity contribution < 1.29 is 4.79 Å². The van der Waals surface area contributed by atoms with Crippen molar-refractivity contribution in [3.63, 3.8) is 0 Å². The van der Waals surface area contributed by atoms with E-state index in [0.717, 1.165) is 11.4 Å². The number of pyridine rings is 1. The number of nitrogens with zero attached hydrogens (tertiary/aromatic N) is 1. The average molecular weight is 309 g/mol. The summed E-state index contributed by atoms with van der Waals surface area (Å²) in [6, 6.07) is 11.8. The molecule has 0 saturated heterocycles. The minimum atomic E-state index is -0.211. The third kappa shape index (κ3) is 4.42. The van der Waals surface area contributed by atoms with E-state index in [-0.39, 0.29) is 11.3 Å². The zero-order valence-corrected chi connectivity index (χ0v) is 13.9. The summed E-state index contributed by atoms with van der Waals surface area (Å²) in [7, 11) is 0. The molecule has 0 saturated carbocycles. The van der Waals surface area contributed by atoms with Crippen molar-refractivity contribution in [2.24, 2.45) is 0 Å². The topological polar surface area (TPSA) is 54.0 Å². The van der Waals surface area contributed by atoms with Crippen molar-refractivity contribution in [2.45, 2.75) is 26.2 Å². The largest absolute Gasteiger partial charge is 0.355 e. The van der Waals surface area contributed by atoms with Crippen molar-refractivity contribution in [1.29, 1.82) is 0 Å². The number of anilines is 2. The van der Waals surface area contributed by atoms with Gasteiger partial charge in [-0.15, -0.1) is 6.58 Å². The summed E-state index contributed by atoms with van der Waals surface area (Å²) in [6.07, 6.45) is 3.27. The Bertz CT molecular complexity index is 702. The monoisotopic (exact) mass is 309 g/mol. The number of carbonyl (C=O) groups is 1. The number of hydrogen-bond donors (Lipinski definition) is 2. The predicted octanol–water partition coefficient (Wildman–Crippen LogP) is 4.04. The molecule has 2 rings (SSSR count). The molecule has 0 bridgehead atoms. The lowest BCUT2D eigenvalue weighted by atomic mass is 9.86. The van der Waals surface area contributed by atoms with Crippen molar-refractivity contribution in [3.05, 3.63) is 66.5 Å². The number of para-hydroxylation sites is 1. The Hall–Kier alpha value is -2.62. The maximum Gasteiger partial charge on any atom is 0.270 e. The minimum Gasteiger partial charge on any atom is -0.355 e. The highest BCUT2D eigenvalue weighted by molar-refractivity contribution is 5.93. The highest BCUT2D eigenvalue weighted by Gasteiger charge is 2.17. The molecular formula is C19H23N3O. The van der Waals surface area contributed by atoms with E-state index in [1.54, 1.807) is 18.3 Å². The Labute approximate surface area is 137 Å². The number of rotatable bonds is 5. The molecule has 0 unspecified atom stereocenters. The van der Waals surface area contributed by atoms with Crippen LogP contribution in [0.15, 0.2) is 55.3 Å². The van der Waals surface area contributed by atoms with Crippen LogP contribution in [-0.2, 0) is 5.41 Å². The van der Waals surface area contributed by atoms with Gasteiger partial charge in [-0.05, 0) is 29.2 Å². The molecule has 4 nitrogen and oxygen atoms in total. The molecule has 120 valence electrons. The highest BCUT2D eigenvalue weighted by Crippen LogP contribution is 2.31. The van der Waals surface area contributed by atoms with Crippen LogP contribution in [0.2, 0.25) is 0 Å². The van der Waals surface area contributed by atoms with Gasteiger partial charge >= 0.3 is 0 Å². The molecule has 0 atom stereocenters. The van der Waals surface area contributed by atoms with E-state index >= 15 is 0 Å².